The fourth-order valence-electron chi connectivity index (χ4n) is 2.68. The monoisotopic (exact) mass is 380 g/mol. The van der Waals surface area contributed by atoms with Crippen LogP contribution in [0.5, 0.6) is 0 Å². The lowest BCUT2D eigenvalue weighted by molar-refractivity contribution is 0.0591. The van der Waals surface area contributed by atoms with E-state index in [1.165, 1.54) is 14.2 Å². The van der Waals surface area contributed by atoms with Crippen molar-refractivity contribution >= 4 is 11.9 Å². The summed E-state index contributed by atoms with van der Waals surface area (Å²) in [7, 11) is 2.54. The zero-order valence-electron chi connectivity index (χ0n) is 15.2. The summed E-state index contributed by atoms with van der Waals surface area (Å²) in [5.41, 5.74) is 20.4. The summed E-state index contributed by atoms with van der Waals surface area (Å²) in [4.78, 5) is 29.2. The molecule has 0 spiro atoms. The molecule has 0 fully saturated rings. The van der Waals surface area contributed by atoms with Crippen molar-refractivity contribution in [1.29, 1.82) is 0 Å². The molecule has 142 valence electrons. The average Bonchev–Trinajstić information content (AvgIpc) is 2.74. The summed E-state index contributed by atoms with van der Waals surface area (Å²) in [5, 5.41) is 7.16. The maximum atomic E-state index is 11.8. The molecule has 10 nitrogen and oxygen atoms in total. The van der Waals surface area contributed by atoms with Crippen molar-refractivity contribution in [1.82, 2.24) is 0 Å². The Morgan fingerprint density at radius 3 is 1.54 bits per heavy atom. The van der Waals surface area contributed by atoms with Crippen LogP contribution in [0.1, 0.15) is 31.8 Å². The highest BCUT2D eigenvalue weighted by Crippen LogP contribution is 2.30. The van der Waals surface area contributed by atoms with Gasteiger partial charge in [-0.3, -0.25) is 0 Å². The first-order chi connectivity index (χ1) is 13.5. The Bertz CT molecular complexity index is 926. The normalized spacial score (nSPS) is 9.64. The minimum absolute atomic E-state index is 0.00359. The molecule has 2 aromatic rings. The van der Waals surface area contributed by atoms with Gasteiger partial charge in [0.2, 0.25) is 0 Å². The van der Waals surface area contributed by atoms with Crippen LogP contribution in [0.15, 0.2) is 46.6 Å². The van der Waals surface area contributed by atoms with Gasteiger partial charge >= 0.3 is 11.9 Å². The number of carbonyl (C=O) groups is 2. The number of hydrogen-bond acceptors (Lipinski definition) is 6. The number of ether oxygens (including phenoxy) is 2. The maximum absolute atomic E-state index is 11.8. The van der Waals surface area contributed by atoms with Crippen LogP contribution in [0.4, 0.5) is 0 Å². The molecule has 0 amide bonds. The molecule has 0 bridgehead atoms. The molecule has 0 aliphatic rings. The van der Waals surface area contributed by atoms with Crippen molar-refractivity contribution in [2.75, 3.05) is 14.2 Å². The second kappa shape index (κ2) is 9.63. The first-order valence-corrected chi connectivity index (χ1v) is 8.00. The third-order valence-corrected chi connectivity index (χ3v) is 3.95. The topological polar surface area (TPSA) is 150 Å². The summed E-state index contributed by atoms with van der Waals surface area (Å²) < 4.78 is 9.45. The van der Waals surface area contributed by atoms with Crippen molar-refractivity contribution in [3.05, 3.63) is 79.5 Å². The van der Waals surface area contributed by atoms with Crippen LogP contribution in [0.25, 0.3) is 32.0 Å². The van der Waals surface area contributed by atoms with Gasteiger partial charge < -0.3 is 9.47 Å². The highest BCUT2D eigenvalue weighted by molar-refractivity contribution is 5.92. The summed E-state index contributed by atoms with van der Waals surface area (Å²) in [6, 6.07) is 9.66. The van der Waals surface area contributed by atoms with E-state index in [9.17, 15) is 9.59 Å². The minimum Gasteiger partial charge on any atom is -0.465 e. The Hall–Kier alpha value is -4.00. The quantitative estimate of drug-likeness (QED) is 0.299. The number of esters is 2. The molecule has 0 N–H and O–H groups in total. The number of nitrogens with zero attached hydrogens (tertiary/aromatic N) is 6. The molecule has 2 rings (SSSR count). The number of benzene rings is 2. The van der Waals surface area contributed by atoms with Crippen molar-refractivity contribution < 1.29 is 19.1 Å². The van der Waals surface area contributed by atoms with Crippen molar-refractivity contribution in [2.24, 2.45) is 10.2 Å². The third-order valence-electron chi connectivity index (χ3n) is 3.95. The highest BCUT2D eigenvalue weighted by Gasteiger charge is 2.15. The van der Waals surface area contributed by atoms with Crippen LogP contribution in [-0.4, -0.2) is 26.2 Å². The van der Waals surface area contributed by atoms with E-state index in [1.54, 1.807) is 36.4 Å². The molecule has 0 aromatic heterocycles. The van der Waals surface area contributed by atoms with E-state index in [4.69, 9.17) is 20.5 Å². The first-order valence-electron chi connectivity index (χ1n) is 8.00. The maximum Gasteiger partial charge on any atom is 0.337 e. The molecule has 28 heavy (non-hydrogen) atoms. The predicted molar refractivity (Wildman–Crippen MR) is 100 cm³/mol. The largest absolute Gasteiger partial charge is 0.465 e. The average molecular weight is 380 g/mol. The standard InChI is InChI=1S/C18H16N6O4/c1-27-17(25)11-3-5-15(13(7-11)9-21-23-19)16-6-4-12(18(26)28-2)8-14(16)10-22-24-20/h3-8H,9-10H2,1-2H3. The highest BCUT2D eigenvalue weighted by atomic mass is 16.5. The van der Waals surface area contributed by atoms with Crippen molar-refractivity contribution in [2.45, 2.75) is 13.1 Å². The Morgan fingerprint density at radius 2 is 1.21 bits per heavy atom. The molecular weight excluding hydrogens is 364 g/mol. The number of rotatable bonds is 7. The minimum atomic E-state index is -0.524. The zero-order valence-corrected chi connectivity index (χ0v) is 15.2. The molecule has 0 atom stereocenters. The Balaban J connectivity index is 2.66. The van der Waals surface area contributed by atoms with Crippen LogP contribution in [-0.2, 0) is 22.6 Å². The Labute approximate surface area is 159 Å². The van der Waals surface area contributed by atoms with Gasteiger partial charge in [-0.1, -0.05) is 22.4 Å². The van der Waals surface area contributed by atoms with Crippen LogP contribution < -0.4 is 0 Å². The van der Waals surface area contributed by atoms with Crippen LogP contribution in [0, 0.1) is 0 Å². The zero-order chi connectivity index (χ0) is 20.5. The van der Waals surface area contributed by atoms with E-state index in [2.05, 4.69) is 20.1 Å². The Morgan fingerprint density at radius 1 is 0.821 bits per heavy atom. The first kappa shape index (κ1) is 20.3. The number of hydrogen-bond donors (Lipinski definition) is 0. The van der Waals surface area contributed by atoms with Crippen LogP contribution in [0.2, 0.25) is 0 Å². The second-order valence-electron chi connectivity index (χ2n) is 5.50. The lowest BCUT2D eigenvalue weighted by Crippen LogP contribution is -2.05. The Kier molecular flexibility index (Phi) is 6.99. The van der Waals surface area contributed by atoms with Gasteiger partial charge in [-0.25, -0.2) is 9.59 Å². The van der Waals surface area contributed by atoms with E-state index < -0.39 is 11.9 Å². The smallest absolute Gasteiger partial charge is 0.337 e. The summed E-state index contributed by atoms with van der Waals surface area (Å²) in [5.74, 6) is -1.05. The van der Waals surface area contributed by atoms with E-state index in [0.717, 1.165) is 0 Å². The summed E-state index contributed by atoms with van der Waals surface area (Å²) in [6.07, 6.45) is 0. The molecule has 2 aromatic carbocycles. The van der Waals surface area contributed by atoms with Gasteiger partial charge in [0.25, 0.3) is 0 Å². The molecular formula is C18H16N6O4. The number of carbonyl (C=O) groups excluding carboxylic acids is 2. The molecule has 0 unspecified atom stereocenters. The van der Waals surface area contributed by atoms with E-state index >= 15 is 0 Å². The lowest BCUT2D eigenvalue weighted by Gasteiger charge is -2.14. The summed E-state index contributed by atoms with van der Waals surface area (Å²) in [6.45, 7) is -0.00719. The van der Waals surface area contributed by atoms with Gasteiger partial charge in [-0.05, 0) is 57.6 Å². The fraction of sp³-hybridized carbons (Fsp3) is 0.222. The van der Waals surface area contributed by atoms with E-state index in [-0.39, 0.29) is 13.1 Å². The predicted octanol–water partition coefficient (Wildman–Crippen LogP) is 4.55. The summed E-state index contributed by atoms with van der Waals surface area (Å²) >= 11 is 0. The van der Waals surface area contributed by atoms with Crippen molar-refractivity contribution in [3.63, 3.8) is 0 Å². The van der Waals surface area contributed by atoms with Gasteiger partial charge in [0.05, 0.1) is 38.4 Å². The van der Waals surface area contributed by atoms with Gasteiger partial charge in [-0.2, -0.15) is 0 Å². The second-order valence-corrected chi connectivity index (χ2v) is 5.50. The van der Waals surface area contributed by atoms with Gasteiger partial charge in [0.1, 0.15) is 0 Å². The molecule has 0 radical (unpaired) electrons. The van der Waals surface area contributed by atoms with Gasteiger partial charge in [0, 0.05) is 9.82 Å². The number of azide groups is 2. The molecule has 0 saturated carbocycles. The third kappa shape index (κ3) is 4.59. The fourth-order valence-corrected chi connectivity index (χ4v) is 2.68. The lowest BCUT2D eigenvalue weighted by atomic mass is 9.92. The molecule has 0 heterocycles. The molecule has 0 aliphatic carbocycles. The van der Waals surface area contributed by atoms with E-state index in [0.29, 0.717) is 33.4 Å². The van der Waals surface area contributed by atoms with Gasteiger partial charge in [-0.15, -0.1) is 0 Å². The van der Waals surface area contributed by atoms with Gasteiger partial charge in [0.15, 0.2) is 0 Å². The molecule has 0 saturated heterocycles. The molecule has 10 heteroatoms. The number of methoxy groups -OCH3 is 2. The SMILES string of the molecule is COC(=O)c1ccc(-c2ccc(C(=O)OC)cc2CN=[N+]=[N-])c(CN=[N+]=[N-])c1. The van der Waals surface area contributed by atoms with Crippen LogP contribution >= 0.6 is 0 Å². The molecule has 0 aliphatic heterocycles. The van der Waals surface area contributed by atoms with E-state index in [1.807, 2.05) is 0 Å². The van der Waals surface area contributed by atoms with Crippen LogP contribution in [0.3, 0.4) is 0 Å². The van der Waals surface area contributed by atoms with Crippen molar-refractivity contribution in [3.8, 4) is 11.1 Å².